The zero-order valence-electron chi connectivity index (χ0n) is 14.3. The first-order chi connectivity index (χ1) is 12.7. The Morgan fingerprint density at radius 2 is 1.96 bits per heavy atom. The molecule has 0 aliphatic carbocycles. The summed E-state index contributed by atoms with van der Waals surface area (Å²) in [5.74, 6) is 1.43. The molecular weight excluding hydrogens is 348 g/mol. The molecule has 6 heteroatoms. The van der Waals surface area contributed by atoms with Gasteiger partial charge in [-0.1, -0.05) is 18.2 Å². The van der Waals surface area contributed by atoms with E-state index in [0.29, 0.717) is 13.2 Å². The lowest BCUT2D eigenvalue weighted by Gasteiger charge is -2.18. The number of nitrogens with one attached hydrogen (secondary N) is 1. The maximum absolute atomic E-state index is 12.3. The summed E-state index contributed by atoms with van der Waals surface area (Å²) < 4.78 is 11.2. The summed E-state index contributed by atoms with van der Waals surface area (Å²) in [6.45, 7) is 3.10. The summed E-state index contributed by atoms with van der Waals surface area (Å²) in [6.07, 6.45) is 0.254. The fourth-order valence-corrected chi connectivity index (χ4v) is 3.57. The number of aromatic nitrogens is 1. The highest BCUT2D eigenvalue weighted by atomic mass is 32.1. The first-order valence-corrected chi connectivity index (χ1v) is 9.27. The van der Waals surface area contributed by atoms with E-state index in [9.17, 15) is 4.79 Å². The van der Waals surface area contributed by atoms with Gasteiger partial charge in [0.1, 0.15) is 18.2 Å². The molecule has 132 valence electrons. The minimum Gasteiger partial charge on any atom is -0.486 e. The van der Waals surface area contributed by atoms with E-state index < -0.39 is 0 Å². The van der Waals surface area contributed by atoms with Gasteiger partial charge in [0.25, 0.3) is 0 Å². The minimum atomic E-state index is -0.0672. The number of anilines is 1. The van der Waals surface area contributed by atoms with Crippen molar-refractivity contribution < 1.29 is 14.3 Å². The van der Waals surface area contributed by atoms with Crippen LogP contribution in [0.3, 0.4) is 0 Å². The van der Waals surface area contributed by atoms with Crippen molar-refractivity contribution in [3.8, 4) is 22.8 Å². The maximum Gasteiger partial charge on any atom is 0.231 e. The lowest BCUT2D eigenvalue weighted by molar-refractivity contribution is -0.115. The van der Waals surface area contributed by atoms with E-state index in [0.717, 1.165) is 39.0 Å². The van der Waals surface area contributed by atoms with E-state index in [1.807, 2.05) is 54.8 Å². The first-order valence-electron chi connectivity index (χ1n) is 8.39. The third-order valence-corrected chi connectivity index (χ3v) is 4.97. The van der Waals surface area contributed by atoms with Crippen LogP contribution in [0.5, 0.6) is 11.5 Å². The zero-order valence-corrected chi connectivity index (χ0v) is 15.1. The Morgan fingerprint density at radius 3 is 2.81 bits per heavy atom. The predicted octanol–water partition coefficient (Wildman–Crippen LogP) is 4.07. The Hall–Kier alpha value is -2.86. The smallest absolute Gasteiger partial charge is 0.231 e. The summed E-state index contributed by atoms with van der Waals surface area (Å²) in [4.78, 5) is 16.9. The van der Waals surface area contributed by atoms with E-state index in [4.69, 9.17) is 9.47 Å². The van der Waals surface area contributed by atoms with Crippen LogP contribution >= 0.6 is 11.3 Å². The second kappa shape index (κ2) is 7.17. The highest BCUT2D eigenvalue weighted by Gasteiger charge is 2.15. The number of hydrogen-bond donors (Lipinski definition) is 1. The van der Waals surface area contributed by atoms with Gasteiger partial charge in [0.2, 0.25) is 5.91 Å². The first kappa shape index (κ1) is 16.6. The van der Waals surface area contributed by atoms with E-state index in [1.54, 1.807) is 0 Å². The minimum absolute atomic E-state index is 0.0672. The Labute approximate surface area is 155 Å². The van der Waals surface area contributed by atoms with Crippen LogP contribution in [0.1, 0.15) is 10.6 Å². The molecule has 0 unspecified atom stereocenters. The average Bonchev–Trinajstić information content (AvgIpc) is 3.11. The summed E-state index contributed by atoms with van der Waals surface area (Å²) >= 11 is 1.48. The number of carbonyl (C=O) groups excluding carboxylic acids is 1. The van der Waals surface area contributed by atoms with Gasteiger partial charge in [0.15, 0.2) is 11.5 Å². The molecule has 0 saturated heterocycles. The van der Waals surface area contributed by atoms with Crippen LogP contribution < -0.4 is 14.8 Å². The third kappa shape index (κ3) is 3.55. The molecule has 4 rings (SSSR count). The largest absolute Gasteiger partial charge is 0.486 e. The molecule has 1 N–H and O–H groups in total. The maximum atomic E-state index is 12.3. The Morgan fingerprint density at radius 1 is 1.15 bits per heavy atom. The van der Waals surface area contributed by atoms with Crippen molar-refractivity contribution in [2.45, 2.75) is 13.3 Å². The standard InChI is InChI=1S/C20H18N2O3S/c1-13-4-2-3-5-15(13)21-19(23)11-20-22-16(12-26-20)14-6-7-17-18(10-14)25-9-8-24-17/h2-7,10,12H,8-9,11H2,1H3,(H,21,23). The number of fused-ring (bicyclic) bond motifs is 1. The number of benzene rings is 2. The molecule has 1 amide bonds. The molecule has 0 spiro atoms. The number of thiazole rings is 1. The number of amides is 1. The number of rotatable bonds is 4. The number of para-hydroxylation sites is 1. The lowest BCUT2D eigenvalue weighted by atomic mass is 10.1. The molecule has 2 aromatic carbocycles. The summed E-state index contributed by atoms with van der Waals surface area (Å²) in [5, 5.41) is 5.68. The molecule has 1 aliphatic heterocycles. The van der Waals surface area contributed by atoms with Crippen molar-refractivity contribution in [3.63, 3.8) is 0 Å². The molecule has 3 aromatic rings. The quantitative estimate of drug-likeness (QED) is 0.756. The molecule has 0 fully saturated rings. The fourth-order valence-electron chi connectivity index (χ4n) is 2.77. The third-order valence-electron chi connectivity index (χ3n) is 4.12. The zero-order chi connectivity index (χ0) is 17.9. The topological polar surface area (TPSA) is 60.5 Å². The van der Waals surface area contributed by atoms with E-state index in [2.05, 4.69) is 10.3 Å². The van der Waals surface area contributed by atoms with Crippen molar-refractivity contribution in [1.82, 2.24) is 4.98 Å². The number of aryl methyl sites for hydroxylation is 1. The van der Waals surface area contributed by atoms with Crippen LogP contribution in [0.2, 0.25) is 0 Å². The molecule has 1 aliphatic rings. The highest BCUT2D eigenvalue weighted by molar-refractivity contribution is 7.10. The van der Waals surface area contributed by atoms with Gasteiger partial charge in [-0.15, -0.1) is 11.3 Å². The number of nitrogens with zero attached hydrogens (tertiary/aromatic N) is 1. The summed E-state index contributed by atoms with van der Waals surface area (Å²) in [6, 6.07) is 13.5. The van der Waals surface area contributed by atoms with Crippen molar-refractivity contribution in [2.75, 3.05) is 18.5 Å². The monoisotopic (exact) mass is 366 g/mol. The van der Waals surface area contributed by atoms with Crippen LogP contribution in [-0.4, -0.2) is 24.1 Å². The SMILES string of the molecule is Cc1ccccc1NC(=O)Cc1nc(-c2ccc3c(c2)OCCO3)cs1. The van der Waals surface area contributed by atoms with Crippen molar-refractivity contribution in [3.05, 3.63) is 58.4 Å². The second-order valence-electron chi connectivity index (χ2n) is 6.02. The van der Waals surface area contributed by atoms with E-state index in [-0.39, 0.29) is 12.3 Å². The van der Waals surface area contributed by atoms with Gasteiger partial charge in [-0.3, -0.25) is 4.79 Å². The summed E-state index contributed by atoms with van der Waals surface area (Å²) in [5.41, 5.74) is 3.67. The van der Waals surface area contributed by atoms with Gasteiger partial charge >= 0.3 is 0 Å². The molecule has 1 aromatic heterocycles. The predicted molar refractivity (Wildman–Crippen MR) is 102 cm³/mol. The molecule has 0 radical (unpaired) electrons. The lowest BCUT2D eigenvalue weighted by Crippen LogP contribution is -2.15. The second-order valence-corrected chi connectivity index (χ2v) is 6.97. The fraction of sp³-hybridized carbons (Fsp3) is 0.200. The average molecular weight is 366 g/mol. The van der Waals surface area contributed by atoms with Crippen LogP contribution in [0, 0.1) is 6.92 Å². The molecular formula is C20H18N2O3S. The molecule has 0 bridgehead atoms. The van der Waals surface area contributed by atoms with Crippen LogP contribution in [0.4, 0.5) is 5.69 Å². The molecule has 5 nitrogen and oxygen atoms in total. The van der Waals surface area contributed by atoms with Gasteiger partial charge in [-0.05, 0) is 36.8 Å². The van der Waals surface area contributed by atoms with Gasteiger partial charge in [-0.25, -0.2) is 4.98 Å². The molecule has 0 saturated carbocycles. The Kier molecular flexibility index (Phi) is 4.58. The Bertz CT molecular complexity index is 952. The van der Waals surface area contributed by atoms with Crippen LogP contribution in [0.15, 0.2) is 47.8 Å². The normalized spacial score (nSPS) is 12.7. The van der Waals surface area contributed by atoms with E-state index >= 15 is 0 Å². The highest BCUT2D eigenvalue weighted by Crippen LogP contribution is 2.34. The Balaban J connectivity index is 1.46. The molecule has 0 atom stereocenters. The number of ether oxygens (including phenoxy) is 2. The molecule has 26 heavy (non-hydrogen) atoms. The molecule has 2 heterocycles. The number of hydrogen-bond acceptors (Lipinski definition) is 5. The van der Waals surface area contributed by atoms with Crippen LogP contribution in [0.25, 0.3) is 11.3 Å². The summed E-state index contributed by atoms with van der Waals surface area (Å²) in [7, 11) is 0. The van der Waals surface area contributed by atoms with Gasteiger partial charge in [0.05, 0.1) is 12.1 Å². The van der Waals surface area contributed by atoms with Gasteiger partial charge in [-0.2, -0.15) is 0 Å². The van der Waals surface area contributed by atoms with E-state index in [1.165, 1.54) is 11.3 Å². The van der Waals surface area contributed by atoms with Crippen molar-refractivity contribution in [2.24, 2.45) is 0 Å². The van der Waals surface area contributed by atoms with Crippen molar-refractivity contribution >= 4 is 22.9 Å². The van der Waals surface area contributed by atoms with Crippen LogP contribution in [-0.2, 0) is 11.2 Å². The van der Waals surface area contributed by atoms with Gasteiger partial charge < -0.3 is 14.8 Å². The van der Waals surface area contributed by atoms with Gasteiger partial charge in [0, 0.05) is 16.6 Å². The van der Waals surface area contributed by atoms with Crippen molar-refractivity contribution in [1.29, 1.82) is 0 Å². The number of carbonyl (C=O) groups is 1.